The largest absolute Gasteiger partial charge is 0.444 e. The van der Waals surface area contributed by atoms with Crippen LogP contribution in [0.25, 0.3) is 0 Å². The third kappa shape index (κ3) is 5.52. The van der Waals surface area contributed by atoms with E-state index in [1.807, 2.05) is 38.0 Å². The summed E-state index contributed by atoms with van der Waals surface area (Å²) < 4.78 is 7.02. The molecule has 2 saturated heterocycles. The summed E-state index contributed by atoms with van der Waals surface area (Å²) in [7, 11) is 1.67. The van der Waals surface area contributed by atoms with Crippen molar-refractivity contribution < 1.29 is 14.3 Å². The van der Waals surface area contributed by atoms with Crippen LogP contribution in [-0.4, -0.2) is 81.8 Å². The number of nitrogen functional groups attached to an aromatic ring is 1. The second-order valence-electron chi connectivity index (χ2n) is 10.2. The molecular weight excluding hydrogens is 438 g/mol. The van der Waals surface area contributed by atoms with Crippen LogP contribution in [0, 0.1) is 6.92 Å². The highest BCUT2D eigenvalue weighted by atomic mass is 16.6. The summed E-state index contributed by atoms with van der Waals surface area (Å²) in [4.78, 5) is 47.9. The van der Waals surface area contributed by atoms with Gasteiger partial charge in [-0.1, -0.05) is 6.92 Å². The molecule has 3 rings (SSSR count). The molecule has 3 N–H and O–H groups in total. The number of nitrogens with one attached hydrogen (secondary N) is 1. The molecule has 0 aliphatic carbocycles. The molecule has 2 aliphatic rings. The smallest absolute Gasteiger partial charge is 0.410 e. The molecule has 2 fully saturated rings. The predicted octanol–water partition coefficient (Wildman–Crippen LogP) is 0.992. The number of aryl methyl sites for hydroxylation is 1. The predicted molar refractivity (Wildman–Crippen MR) is 130 cm³/mol. The Hall–Kier alpha value is -2.66. The van der Waals surface area contributed by atoms with Gasteiger partial charge in [0.05, 0.1) is 5.69 Å². The second kappa shape index (κ2) is 10.3. The zero-order chi connectivity index (χ0) is 25.2. The second-order valence-corrected chi connectivity index (χ2v) is 10.2. The summed E-state index contributed by atoms with van der Waals surface area (Å²) in [6.07, 6.45) is 2.56. The molecule has 11 nitrogen and oxygen atoms in total. The molecule has 0 spiro atoms. The van der Waals surface area contributed by atoms with E-state index in [1.54, 1.807) is 7.05 Å². The molecule has 1 aromatic heterocycles. The van der Waals surface area contributed by atoms with Crippen LogP contribution in [0.1, 0.15) is 63.1 Å². The zero-order valence-corrected chi connectivity index (χ0v) is 21.3. The van der Waals surface area contributed by atoms with E-state index in [9.17, 15) is 14.4 Å². The number of aromatic nitrogens is 2. The van der Waals surface area contributed by atoms with E-state index in [2.05, 4.69) is 21.7 Å². The van der Waals surface area contributed by atoms with Gasteiger partial charge in [0.1, 0.15) is 11.4 Å². The summed E-state index contributed by atoms with van der Waals surface area (Å²) in [5, 5.41) is 0. The first-order chi connectivity index (χ1) is 16.0. The van der Waals surface area contributed by atoms with Gasteiger partial charge < -0.3 is 14.5 Å². The summed E-state index contributed by atoms with van der Waals surface area (Å²) in [5.41, 5.74) is 1.45. The number of ether oxygens (including phenoxy) is 1. The fraction of sp³-hybridized carbons (Fsp3) is 0.739. The maximum atomic E-state index is 12.7. The number of carbonyl (C=O) groups excluding carboxylic acids is 2. The lowest BCUT2D eigenvalue weighted by molar-refractivity contribution is 0.00941. The van der Waals surface area contributed by atoms with Crippen molar-refractivity contribution in [1.82, 2.24) is 24.8 Å². The molecule has 34 heavy (non-hydrogen) atoms. The van der Waals surface area contributed by atoms with Gasteiger partial charge in [0.15, 0.2) is 5.69 Å². The molecule has 1 aromatic rings. The summed E-state index contributed by atoms with van der Waals surface area (Å²) in [5.74, 6) is 5.24. The zero-order valence-electron chi connectivity index (χ0n) is 21.3. The van der Waals surface area contributed by atoms with E-state index >= 15 is 0 Å². The van der Waals surface area contributed by atoms with Gasteiger partial charge in [0.2, 0.25) is 0 Å². The maximum Gasteiger partial charge on any atom is 0.410 e. The van der Waals surface area contributed by atoms with Crippen molar-refractivity contribution in [3.63, 3.8) is 0 Å². The van der Waals surface area contributed by atoms with E-state index in [0.29, 0.717) is 30.9 Å². The third-order valence-corrected chi connectivity index (χ3v) is 6.66. The molecule has 1 unspecified atom stereocenters. The molecular formula is C23H39N7O4. The topological polar surface area (TPSA) is 126 Å². The van der Waals surface area contributed by atoms with E-state index in [1.165, 1.54) is 4.57 Å². The minimum absolute atomic E-state index is 0.200. The average molecular weight is 478 g/mol. The molecule has 190 valence electrons. The number of rotatable bonds is 4. The quantitative estimate of drug-likeness (QED) is 0.374. The molecule has 0 radical (unpaired) electrons. The van der Waals surface area contributed by atoms with Crippen molar-refractivity contribution in [3.8, 4) is 0 Å². The van der Waals surface area contributed by atoms with Gasteiger partial charge in [0, 0.05) is 51.9 Å². The number of amides is 2. The normalized spacial score (nSPS) is 20.4. The lowest BCUT2D eigenvalue weighted by atomic mass is 9.98. The Morgan fingerprint density at radius 3 is 2.38 bits per heavy atom. The van der Waals surface area contributed by atoms with Gasteiger partial charge in [-0.2, -0.15) is 0 Å². The van der Waals surface area contributed by atoms with E-state index in [0.717, 1.165) is 44.7 Å². The van der Waals surface area contributed by atoms with Crippen LogP contribution in [0.15, 0.2) is 4.79 Å². The monoisotopic (exact) mass is 477 g/mol. The number of hydrogen-bond acceptors (Lipinski definition) is 8. The van der Waals surface area contributed by atoms with E-state index in [-0.39, 0.29) is 11.8 Å². The van der Waals surface area contributed by atoms with Gasteiger partial charge in [-0.25, -0.2) is 15.6 Å². The van der Waals surface area contributed by atoms with Gasteiger partial charge in [-0.05, 0) is 47.0 Å². The summed E-state index contributed by atoms with van der Waals surface area (Å²) in [6.45, 7) is 13.4. The Labute approximate surface area is 201 Å². The van der Waals surface area contributed by atoms with Crippen molar-refractivity contribution in [2.75, 3.05) is 37.6 Å². The van der Waals surface area contributed by atoms with Crippen molar-refractivity contribution in [3.05, 3.63) is 21.7 Å². The fourth-order valence-corrected chi connectivity index (χ4v) is 5.03. The number of anilines is 1. The Balaban J connectivity index is 1.69. The SMILES string of the molecule is CCC1CN(c2c(C)nc(C(=O)NN)c(=O)n2C)CCN1C1CCN(C(=O)OC(C)(C)C)CC1. The highest BCUT2D eigenvalue weighted by Gasteiger charge is 2.36. The molecule has 1 atom stereocenters. The van der Waals surface area contributed by atoms with Gasteiger partial charge in [-0.15, -0.1) is 0 Å². The number of piperidine rings is 1. The standard InChI is InChI=1S/C23H39N7O4/c1-7-16-14-29(20-15(2)25-18(19(31)26-24)21(32)27(20)6)12-13-30(16)17-8-10-28(11-9-17)22(33)34-23(3,4)5/h16-17H,7-14,24H2,1-6H3,(H,26,31). The Kier molecular flexibility index (Phi) is 7.87. The first-order valence-corrected chi connectivity index (χ1v) is 12.0. The molecule has 0 aromatic carbocycles. The number of nitrogens with zero attached hydrogens (tertiary/aromatic N) is 5. The van der Waals surface area contributed by atoms with Crippen molar-refractivity contribution >= 4 is 17.8 Å². The highest BCUT2D eigenvalue weighted by Crippen LogP contribution is 2.27. The van der Waals surface area contributed by atoms with Gasteiger partial charge in [-0.3, -0.25) is 24.5 Å². The first kappa shape index (κ1) is 26.0. The Bertz CT molecular complexity index is 963. The van der Waals surface area contributed by atoms with E-state index in [4.69, 9.17) is 10.6 Å². The van der Waals surface area contributed by atoms with Crippen LogP contribution >= 0.6 is 0 Å². The Morgan fingerprint density at radius 2 is 1.82 bits per heavy atom. The van der Waals surface area contributed by atoms with Crippen molar-refractivity contribution in [2.45, 2.75) is 71.6 Å². The molecule has 2 amide bonds. The van der Waals surface area contributed by atoms with Crippen LogP contribution in [0.2, 0.25) is 0 Å². The van der Waals surface area contributed by atoms with Gasteiger partial charge >= 0.3 is 6.09 Å². The fourth-order valence-electron chi connectivity index (χ4n) is 5.03. The lowest BCUT2D eigenvalue weighted by Crippen LogP contribution is -2.59. The van der Waals surface area contributed by atoms with Crippen LogP contribution in [0.4, 0.5) is 10.6 Å². The van der Waals surface area contributed by atoms with Crippen LogP contribution in [0.3, 0.4) is 0 Å². The third-order valence-electron chi connectivity index (χ3n) is 6.66. The minimum Gasteiger partial charge on any atom is -0.444 e. The summed E-state index contributed by atoms with van der Waals surface area (Å²) >= 11 is 0. The van der Waals surface area contributed by atoms with Crippen LogP contribution in [0.5, 0.6) is 0 Å². The van der Waals surface area contributed by atoms with E-state index < -0.39 is 17.1 Å². The number of likely N-dealkylation sites (tertiary alicyclic amines) is 1. The van der Waals surface area contributed by atoms with Crippen molar-refractivity contribution in [1.29, 1.82) is 0 Å². The number of hydrazine groups is 1. The molecule has 11 heteroatoms. The number of carbonyl (C=O) groups is 2. The maximum absolute atomic E-state index is 12.7. The molecule has 0 saturated carbocycles. The minimum atomic E-state index is -0.691. The highest BCUT2D eigenvalue weighted by molar-refractivity contribution is 5.91. The van der Waals surface area contributed by atoms with Crippen LogP contribution in [-0.2, 0) is 11.8 Å². The summed E-state index contributed by atoms with van der Waals surface area (Å²) in [6, 6.07) is 0.720. The molecule has 2 aliphatic heterocycles. The van der Waals surface area contributed by atoms with Crippen molar-refractivity contribution in [2.24, 2.45) is 12.9 Å². The number of nitrogens with two attached hydrogens (primary N) is 1. The average Bonchev–Trinajstić information content (AvgIpc) is 2.79. The Morgan fingerprint density at radius 1 is 1.18 bits per heavy atom. The molecule has 3 heterocycles. The first-order valence-electron chi connectivity index (χ1n) is 12.0. The van der Waals surface area contributed by atoms with Gasteiger partial charge in [0.25, 0.3) is 11.5 Å². The van der Waals surface area contributed by atoms with Crippen LogP contribution < -0.4 is 21.7 Å². The lowest BCUT2D eigenvalue weighted by Gasteiger charge is -2.48. The number of hydrogen-bond donors (Lipinski definition) is 2. The molecule has 0 bridgehead atoms. The number of piperazine rings is 1.